The van der Waals surface area contributed by atoms with E-state index in [1.807, 2.05) is 13.8 Å². The fraction of sp³-hybridized carbons (Fsp3) is 0.900. The summed E-state index contributed by atoms with van der Waals surface area (Å²) < 4.78 is 4.98. The van der Waals surface area contributed by atoms with Gasteiger partial charge in [-0.1, -0.05) is 27.2 Å². The minimum absolute atomic E-state index is 0. The molecule has 0 amide bonds. The number of ether oxygens (including phenoxy) is 1. The third kappa shape index (κ3) is 8.32. The molecule has 0 unspecified atom stereocenters. The number of unbranched alkanes of at least 4 members (excludes halogenated alkanes) is 1. The molecule has 1 atom stereocenters. The molecule has 4 heteroatoms. The van der Waals surface area contributed by atoms with Gasteiger partial charge in [-0.2, -0.15) is 0 Å². The number of carbonyl (C=O) groups is 1. The SMILES string of the molecule is CCCCOC(=O)[C@@H](N)CC(C)C.Cl. The number of halogens is 1. The molecule has 0 saturated heterocycles. The Morgan fingerprint density at radius 3 is 2.43 bits per heavy atom. The van der Waals surface area contributed by atoms with Gasteiger partial charge in [-0.05, 0) is 18.8 Å². The van der Waals surface area contributed by atoms with Gasteiger partial charge in [0.15, 0.2) is 0 Å². The highest BCUT2D eigenvalue weighted by atomic mass is 35.5. The van der Waals surface area contributed by atoms with Crippen molar-refractivity contribution < 1.29 is 9.53 Å². The summed E-state index contributed by atoms with van der Waals surface area (Å²) in [4.78, 5) is 11.2. The molecule has 0 aromatic carbocycles. The second-order valence-electron chi connectivity index (χ2n) is 3.76. The maximum atomic E-state index is 11.2. The van der Waals surface area contributed by atoms with Crippen molar-refractivity contribution in [3.05, 3.63) is 0 Å². The first kappa shape index (κ1) is 16.2. The van der Waals surface area contributed by atoms with Crippen molar-refractivity contribution in [2.45, 2.75) is 46.1 Å². The summed E-state index contributed by atoms with van der Waals surface area (Å²) in [7, 11) is 0. The molecular formula is C10H22ClNO2. The normalized spacial score (nSPS) is 12.1. The number of hydrogen-bond donors (Lipinski definition) is 1. The largest absolute Gasteiger partial charge is 0.465 e. The predicted octanol–water partition coefficient (Wildman–Crippen LogP) is 2.12. The van der Waals surface area contributed by atoms with Gasteiger partial charge in [-0.3, -0.25) is 4.79 Å². The lowest BCUT2D eigenvalue weighted by Crippen LogP contribution is -2.33. The van der Waals surface area contributed by atoms with Crippen molar-refractivity contribution in [2.75, 3.05) is 6.61 Å². The molecule has 0 radical (unpaired) electrons. The van der Waals surface area contributed by atoms with E-state index in [2.05, 4.69) is 6.92 Å². The standard InChI is InChI=1S/C10H21NO2.ClH/c1-4-5-6-13-10(12)9(11)7-8(2)3;/h8-9H,4-7,11H2,1-3H3;1H/t9-;/m0./s1. The summed E-state index contributed by atoms with van der Waals surface area (Å²) in [5.41, 5.74) is 5.63. The molecule has 0 fully saturated rings. The van der Waals surface area contributed by atoms with Crippen LogP contribution in [0.4, 0.5) is 0 Å². The second kappa shape index (κ2) is 9.28. The second-order valence-corrected chi connectivity index (χ2v) is 3.76. The van der Waals surface area contributed by atoms with Crippen molar-refractivity contribution in [1.29, 1.82) is 0 Å². The van der Waals surface area contributed by atoms with E-state index in [1.165, 1.54) is 0 Å². The minimum Gasteiger partial charge on any atom is -0.465 e. The van der Waals surface area contributed by atoms with E-state index in [0.717, 1.165) is 12.8 Å². The van der Waals surface area contributed by atoms with E-state index >= 15 is 0 Å². The van der Waals surface area contributed by atoms with Crippen LogP contribution < -0.4 is 5.73 Å². The maximum Gasteiger partial charge on any atom is 0.322 e. The molecule has 0 aromatic heterocycles. The summed E-state index contributed by atoms with van der Waals surface area (Å²) in [5.74, 6) is 0.177. The van der Waals surface area contributed by atoms with Crippen LogP contribution >= 0.6 is 12.4 Å². The summed E-state index contributed by atoms with van der Waals surface area (Å²) in [6, 6.07) is -0.447. The molecule has 0 aliphatic carbocycles. The van der Waals surface area contributed by atoms with Crippen LogP contribution in [0.5, 0.6) is 0 Å². The summed E-state index contributed by atoms with van der Waals surface area (Å²) in [6.45, 7) is 6.64. The van der Waals surface area contributed by atoms with Crippen molar-refractivity contribution in [3.63, 3.8) is 0 Å². The molecule has 2 N–H and O–H groups in total. The lowest BCUT2D eigenvalue weighted by molar-refractivity contribution is -0.145. The lowest BCUT2D eigenvalue weighted by atomic mass is 10.1. The molecule has 0 heterocycles. The van der Waals surface area contributed by atoms with E-state index in [9.17, 15) is 4.79 Å². The lowest BCUT2D eigenvalue weighted by Gasteiger charge is -2.12. The Labute approximate surface area is 92.8 Å². The van der Waals surface area contributed by atoms with Crippen molar-refractivity contribution in [3.8, 4) is 0 Å². The molecule has 14 heavy (non-hydrogen) atoms. The van der Waals surface area contributed by atoms with Crippen molar-refractivity contribution in [1.82, 2.24) is 0 Å². The smallest absolute Gasteiger partial charge is 0.322 e. The van der Waals surface area contributed by atoms with Gasteiger partial charge in [0, 0.05) is 0 Å². The number of nitrogens with two attached hydrogens (primary N) is 1. The topological polar surface area (TPSA) is 52.3 Å². The third-order valence-electron chi connectivity index (χ3n) is 1.77. The Bertz CT molecular complexity index is 151. The number of carbonyl (C=O) groups excluding carboxylic acids is 1. The number of esters is 1. The molecule has 0 bridgehead atoms. The zero-order valence-electron chi connectivity index (χ0n) is 9.29. The van der Waals surface area contributed by atoms with Crippen LogP contribution in [-0.4, -0.2) is 18.6 Å². The average Bonchev–Trinajstić information content (AvgIpc) is 2.03. The molecule has 0 saturated carbocycles. The number of hydrogen-bond acceptors (Lipinski definition) is 3. The van der Waals surface area contributed by atoms with E-state index in [1.54, 1.807) is 0 Å². The quantitative estimate of drug-likeness (QED) is 0.555. The highest BCUT2D eigenvalue weighted by molar-refractivity contribution is 5.85. The van der Waals surface area contributed by atoms with Crippen LogP contribution in [0.3, 0.4) is 0 Å². The van der Waals surface area contributed by atoms with E-state index in [0.29, 0.717) is 18.9 Å². The molecule has 0 aromatic rings. The van der Waals surface area contributed by atoms with Gasteiger partial charge in [-0.25, -0.2) is 0 Å². The maximum absolute atomic E-state index is 11.2. The zero-order chi connectivity index (χ0) is 10.3. The summed E-state index contributed by atoms with van der Waals surface area (Å²) >= 11 is 0. The molecule has 0 aliphatic rings. The Balaban J connectivity index is 0. The average molecular weight is 224 g/mol. The summed E-state index contributed by atoms with van der Waals surface area (Å²) in [5, 5.41) is 0. The fourth-order valence-electron chi connectivity index (χ4n) is 1.03. The first-order valence-electron chi connectivity index (χ1n) is 5.00. The highest BCUT2D eigenvalue weighted by Crippen LogP contribution is 2.04. The first-order valence-corrected chi connectivity index (χ1v) is 5.00. The van der Waals surface area contributed by atoms with E-state index in [-0.39, 0.29) is 18.4 Å². The van der Waals surface area contributed by atoms with Crippen LogP contribution in [0.25, 0.3) is 0 Å². The Morgan fingerprint density at radius 1 is 1.43 bits per heavy atom. The van der Waals surface area contributed by atoms with Gasteiger partial charge < -0.3 is 10.5 Å². The molecule has 86 valence electrons. The van der Waals surface area contributed by atoms with Gasteiger partial charge >= 0.3 is 5.97 Å². The molecule has 0 spiro atoms. The molecule has 0 rings (SSSR count). The monoisotopic (exact) mass is 223 g/mol. The van der Waals surface area contributed by atoms with Gasteiger partial charge in [0.2, 0.25) is 0 Å². The van der Waals surface area contributed by atoms with Crippen LogP contribution in [0.1, 0.15) is 40.0 Å². The molecular weight excluding hydrogens is 202 g/mol. The van der Waals surface area contributed by atoms with Crippen molar-refractivity contribution in [2.24, 2.45) is 11.7 Å². The van der Waals surface area contributed by atoms with Crippen molar-refractivity contribution >= 4 is 18.4 Å². The van der Waals surface area contributed by atoms with Crippen LogP contribution in [-0.2, 0) is 9.53 Å². The first-order chi connectivity index (χ1) is 6.07. The third-order valence-corrected chi connectivity index (χ3v) is 1.77. The zero-order valence-corrected chi connectivity index (χ0v) is 10.1. The van der Waals surface area contributed by atoms with E-state index < -0.39 is 6.04 Å². The highest BCUT2D eigenvalue weighted by Gasteiger charge is 2.15. The van der Waals surface area contributed by atoms with Crippen LogP contribution in [0.2, 0.25) is 0 Å². The Hall–Kier alpha value is -0.280. The summed E-state index contributed by atoms with van der Waals surface area (Å²) in [6.07, 6.45) is 2.65. The van der Waals surface area contributed by atoms with Crippen LogP contribution in [0, 0.1) is 5.92 Å². The van der Waals surface area contributed by atoms with Gasteiger partial charge in [-0.15, -0.1) is 12.4 Å². The van der Waals surface area contributed by atoms with Gasteiger partial charge in [0.05, 0.1) is 6.61 Å². The van der Waals surface area contributed by atoms with Gasteiger partial charge in [0.1, 0.15) is 6.04 Å². The number of rotatable bonds is 6. The Kier molecular flexibility index (Phi) is 10.7. The minimum atomic E-state index is -0.447. The Morgan fingerprint density at radius 2 is 2.00 bits per heavy atom. The van der Waals surface area contributed by atoms with Gasteiger partial charge in [0.25, 0.3) is 0 Å². The molecule has 3 nitrogen and oxygen atoms in total. The predicted molar refractivity (Wildman–Crippen MR) is 60.5 cm³/mol. The van der Waals surface area contributed by atoms with E-state index in [4.69, 9.17) is 10.5 Å². The van der Waals surface area contributed by atoms with Crippen LogP contribution in [0.15, 0.2) is 0 Å². The fourth-order valence-corrected chi connectivity index (χ4v) is 1.03. The molecule has 0 aliphatic heterocycles.